The lowest BCUT2D eigenvalue weighted by atomic mass is 9.87. The number of nitrogens with zero attached hydrogens (tertiary/aromatic N) is 2. The molecule has 0 bridgehead atoms. The molecule has 1 saturated carbocycles. The highest BCUT2D eigenvalue weighted by molar-refractivity contribution is 5.68. The van der Waals surface area contributed by atoms with E-state index in [1.165, 1.54) is 32.1 Å². The van der Waals surface area contributed by atoms with Gasteiger partial charge in [-0.1, -0.05) is 19.3 Å². The third-order valence-electron chi connectivity index (χ3n) is 3.58. The molecule has 0 radical (unpaired) electrons. The molecule has 2 N–H and O–H groups in total. The molecule has 5 nitrogen and oxygen atoms in total. The Balaban J connectivity index is 1.92. The molecule has 0 aromatic carbocycles. The van der Waals surface area contributed by atoms with Crippen molar-refractivity contribution in [3.63, 3.8) is 0 Å². The van der Waals surface area contributed by atoms with E-state index in [2.05, 4.69) is 15.5 Å². The number of carboxylic acids is 1. The van der Waals surface area contributed by atoms with E-state index in [1.807, 2.05) is 19.1 Å². The number of rotatable bonds is 5. The molecule has 2 rings (SSSR count). The van der Waals surface area contributed by atoms with Crippen LogP contribution in [-0.2, 0) is 4.79 Å². The van der Waals surface area contributed by atoms with Crippen LogP contribution in [0.3, 0.4) is 0 Å². The molecule has 0 saturated heterocycles. The third-order valence-corrected chi connectivity index (χ3v) is 3.58. The van der Waals surface area contributed by atoms with E-state index in [9.17, 15) is 4.79 Å². The molecule has 0 spiro atoms. The van der Waals surface area contributed by atoms with Crippen molar-refractivity contribution in [2.45, 2.75) is 57.4 Å². The fourth-order valence-electron chi connectivity index (χ4n) is 2.60. The predicted molar refractivity (Wildman–Crippen MR) is 73.2 cm³/mol. The van der Waals surface area contributed by atoms with Crippen LogP contribution < -0.4 is 5.32 Å². The van der Waals surface area contributed by atoms with Crippen molar-refractivity contribution in [2.24, 2.45) is 0 Å². The van der Waals surface area contributed by atoms with Crippen LogP contribution in [0, 0.1) is 0 Å². The van der Waals surface area contributed by atoms with E-state index in [-0.39, 0.29) is 12.5 Å². The minimum absolute atomic E-state index is 0.0755. The smallest absolute Gasteiger partial charge is 0.305 e. The van der Waals surface area contributed by atoms with E-state index in [0.29, 0.717) is 11.7 Å². The monoisotopic (exact) mass is 263 g/mol. The summed E-state index contributed by atoms with van der Waals surface area (Å²) in [6.45, 7) is 1.82. The van der Waals surface area contributed by atoms with E-state index >= 15 is 0 Å². The molecular formula is C14H21N3O2. The Morgan fingerprint density at radius 2 is 2.11 bits per heavy atom. The Labute approximate surface area is 113 Å². The summed E-state index contributed by atoms with van der Waals surface area (Å²) < 4.78 is 0. The van der Waals surface area contributed by atoms with Crippen LogP contribution >= 0.6 is 0 Å². The molecule has 0 aliphatic heterocycles. The second-order valence-electron chi connectivity index (χ2n) is 5.32. The number of aliphatic carboxylic acids is 1. The molecule has 1 aromatic heterocycles. The Kier molecular flexibility index (Phi) is 4.71. The molecule has 1 atom stereocenters. The quantitative estimate of drug-likeness (QED) is 0.854. The summed E-state index contributed by atoms with van der Waals surface area (Å²) in [5.74, 6) is 0.381. The molecule has 1 unspecified atom stereocenters. The molecule has 5 heteroatoms. The molecule has 1 aliphatic carbocycles. The highest BCUT2D eigenvalue weighted by Gasteiger charge is 2.17. The minimum Gasteiger partial charge on any atom is -0.481 e. The number of carboxylic acid groups (broad SMARTS) is 1. The van der Waals surface area contributed by atoms with Crippen LogP contribution in [0.15, 0.2) is 12.1 Å². The summed E-state index contributed by atoms with van der Waals surface area (Å²) in [7, 11) is 0. The molecule has 1 aromatic rings. The Bertz CT molecular complexity index is 413. The zero-order valence-corrected chi connectivity index (χ0v) is 11.3. The molecule has 0 amide bonds. The van der Waals surface area contributed by atoms with Crippen LogP contribution in [0.25, 0.3) is 0 Å². The standard InChI is InChI=1S/C14H21N3O2/c1-10(9-14(18)19)15-13-8-7-12(16-17-13)11-5-3-2-4-6-11/h7-8,10-11H,2-6,9H2,1H3,(H,15,17)(H,18,19). The summed E-state index contributed by atoms with van der Waals surface area (Å²) in [5, 5.41) is 20.2. The van der Waals surface area contributed by atoms with Gasteiger partial charge in [0.1, 0.15) is 5.82 Å². The Morgan fingerprint density at radius 1 is 1.37 bits per heavy atom. The zero-order valence-electron chi connectivity index (χ0n) is 11.3. The summed E-state index contributed by atoms with van der Waals surface area (Å²) in [4.78, 5) is 10.6. The first kappa shape index (κ1) is 13.8. The summed E-state index contributed by atoms with van der Waals surface area (Å²) in [6, 6.07) is 3.76. The molecule has 1 aliphatic rings. The lowest BCUT2D eigenvalue weighted by molar-refractivity contribution is -0.137. The predicted octanol–water partition coefficient (Wildman–Crippen LogP) is 2.80. The van der Waals surface area contributed by atoms with Crippen molar-refractivity contribution in [1.29, 1.82) is 0 Å². The largest absolute Gasteiger partial charge is 0.481 e. The van der Waals surface area contributed by atoms with Crippen molar-refractivity contribution < 1.29 is 9.90 Å². The zero-order chi connectivity index (χ0) is 13.7. The van der Waals surface area contributed by atoms with Gasteiger partial charge in [0.2, 0.25) is 0 Å². The fourth-order valence-corrected chi connectivity index (χ4v) is 2.60. The van der Waals surface area contributed by atoms with Gasteiger partial charge in [-0.25, -0.2) is 0 Å². The van der Waals surface area contributed by atoms with E-state index in [0.717, 1.165) is 5.69 Å². The summed E-state index contributed by atoms with van der Waals surface area (Å²) in [5.41, 5.74) is 1.07. The Hall–Kier alpha value is -1.65. The van der Waals surface area contributed by atoms with Gasteiger partial charge in [0.25, 0.3) is 0 Å². The molecule has 19 heavy (non-hydrogen) atoms. The number of hydrogen-bond acceptors (Lipinski definition) is 4. The van der Waals surface area contributed by atoms with Crippen LogP contribution in [-0.4, -0.2) is 27.3 Å². The highest BCUT2D eigenvalue weighted by atomic mass is 16.4. The minimum atomic E-state index is -0.813. The van der Waals surface area contributed by atoms with E-state index in [1.54, 1.807) is 0 Å². The van der Waals surface area contributed by atoms with Gasteiger partial charge >= 0.3 is 5.97 Å². The molecule has 1 heterocycles. The second kappa shape index (κ2) is 6.50. The second-order valence-corrected chi connectivity index (χ2v) is 5.32. The summed E-state index contributed by atoms with van der Waals surface area (Å²) >= 11 is 0. The lowest BCUT2D eigenvalue weighted by Crippen LogP contribution is -2.20. The van der Waals surface area contributed by atoms with Gasteiger partial charge in [-0.15, -0.1) is 5.10 Å². The number of nitrogens with one attached hydrogen (secondary N) is 1. The first-order chi connectivity index (χ1) is 9.15. The van der Waals surface area contributed by atoms with Crippen molar-refractivity contribution in [1.82, 2.24) is 10.2 Å². The van der Waals surface area contributed by atoms with Gasteiger partial charge in [-0.05, 0) is 31.9 Å². The van der Waals surface area contributed by atoms with Crippen LogP contribution in [0.4, 0.5) is 5.82 Å². The number of hydrogen-bond donors (Lipinski definition) is 2. The van der Waals surface area contributed by atoms with E-state index in [4.69, 9.17) is 5.11 Å². The van der Waals surface area contributed by atoms with Crippen LogP contribution in [0.2, 0.25) is 0 Å². The van der Waals surface area contributed by atoms with Crippen molar-refractivity contribution in [3.8, 4) is 0 Å². The van der Waals surface area contributed by atoms with Gasteiger partial charge in [-0.3, -0.25) is 4.79 Å². The van der Waals surface area contributed by atoms with Crippen molar-refractivity contribution in [3.05, 3.63) is 17.8 Å². The first-order valence-corrected chi connectivity index (χ1v) is 6.97. The molecular weight excluding hydrogens is 242 g/mol. The normalized spacial score (nSPS) is 17.9. The van der Waals surface area contributed by atoms with Crippen molar-refractivity contribution >= 4 is 11.8 Å². The van der Waals surface area contributed by atoms with Crippen molar-refractivity contribution in [2.75, 3.05) is 5.32 Å². The highest BCUT2D eigenvalue weighted by Crippen LogP contribution is 2.31. The SMILES string of the molecule is CC(CC(=O)O)Nc1ccc(C2CCCCC2)nn1. The summed E-state index contributed by atoms with van der Waals surface area (Å²) in [6.07, 6.45) is 6.38. The maximum absolute atomic E-state index is 10.6. The van der Waals surface area contributed by atoms with Gasteiger partial charge < -0.3 is 10.4 Å². The molecule has 104 valence electrons. The maximum atomic E-state index is 10.6. The average molecular weight is 263 g/mol. The average Bonchev–Trinajstić information content (AvgIpc) is 2.39. The maximum Gasteiger partial charge on any atom is 0.305 e. The molecule has 1 fully saturated rings. The van der Waals surface area contributed by atoms with Gasteiger partial charge in [0.15, 0.2) is 0 Å². The topological polar surface area (TPSA) is 75.1 Å². The first-order valence-electron chi connectivity index (χ1n) is 6.97. The Morgan fingerprint density at radius 3 is 2.68 bits per heavy atom. The van der Waals surface area contributed by atoms with Gasteiger partial charge in [0.05, 0.1) is 12.1 Å². The van der Waals surface area contributed by atoms with Crippen LogP contribution in [0.1, 0.15) is 57.1 Å². The van der Waals surface area contributed by atoms with Gasteiger partial charge in [-0.2, -0.15) is 5.10 Å². The van der Waals surface area contributed by atoms with Crippen LogP contribution in [0.5, 0.6) is 0 Å². The van der Waals surface area contributed by atoms with Gasteiger partial charge in [0, 0.05) is 12.0 Å². The number of aromatic nitrogens is 2. The van der Waals surface area contributed by atoms with E-state index < -0.39 is 5.97 Å². The number of anilines is 1. The lowest BCUT2D eigenvalue weighted by Gasteiger charge is -2.20. The third kappa shape index (κ3) is 4.19. The fraction of sp³-hybridized carbons (Fsp3) is 0.643. The number of carbonyl (C=O) groups is 1.